The van der Waals surface area contributed by atoms with Gasteiger partial charge in [0.2, 0.25) is 5.91 Å². The molecule has 2 aromatic rings. The van der Waals surface area contributed by atoms with Gasteiger partial charge in [0, 0.05) is 32.4 Å². The predicted octanol–water partition coefficient (Wildman–Crippen LogP) is 3.28. The number of carbonyl (C=O) groups is 1. The molecule has 27 heavy (non-hydrogen) atoms. The Morgan fingerprint density at radius 2 is 1.96 bits per heavy atom. The van der Waals surface area contributed by atoms with Crippen LogP contribution in [0.1, 0.15) is 13.8 Å². The van der Waals surface area contributed by atoms with Gasteiger partial charge >= 0.3 is 0 Å². The lowest BCUT2D eigenvalue weighted by Crippen LogP contribution is -2.52. The van der Waals surface area contributed by atoms with E-state index in [1.807, 2.05) is 32.0 Å². The van der Waals surface area contributed by atoms with Gasteiger partial charge in [-0.2, -0.15) is 0 Å². The molecule has 3 rings (SSSR count). The van der Waals surface area contributed by atoms with Gasteiger partial charge in [0.25, 0.3) is 0 Å². The van der Waals surface area contributed by atoms with Gasteiger partial charge in [-0.1, -0.05) is 23.7 Å². The quantitative estimate of drug-likeness (QED) is 0.769. The SMILES string of the molecule is CCOc1ccccc1N1CCN([C@H](C)C(=O)Nc2cccnc2Cl)CC1. The molecule has 1 amide bonds. The van der Waals surface area contributed by atoms with E-state index < -0.39 is 0 Å². The lowest BCUT2D eigenvalue weighted by molar-refractivity contribution is -0.120. The summed E-state index contributed by atoms with van der Waals surface area (Å²) in [7, 11) is 0. The number of aromatic nitrogens is 1. The monoisotopic (exact) mass is 388 g/mol. The van der Waals surface area contributed by atoms with Crippen LogP contribution < -0.4 is 15.0 Å². The number of pyridine rings is 1. The molecule has 1 aliphatic heterocycles. The molecule has 1 atom stereocenters. The van der Waals surface area contributed by atoms with E-state index in [2.05, 4.69) is 26.2 Å². The van der Waals surface area contributed by atoms with Crippen LogP contribution in [-0.4, -0.2) is 54.6 Å². The van der Waals surface area contributed by atoms with Gasteiger partial charge in [0.05, 0.1) is 24.0 Å². The molecule has 0 radical (unpaired) electrons. The van der Waals surface area contributed by atoms with Crippen molar-refractivity contribution in [2.24, 2.45) is 0 Å². The van der Waals surface area contributed by atoms with Crippen molar-refractivity contribution >= 4 is 28.9 Å². The summed E-state index contributed by atoms with van der Waals surface area (Å²) in [6.07, 6.45) is 1.60. The van der Waals surface area contributed by atoms with Gasteiger partial charge in [-0.05, 0) is 38.1 Å². The molecule has 0 spiro atoms. The number of nitrogens with zero attached hydrogens (tertiary/aromatic N) is 3. The minimum atomic E-state index is -0.245. The van der Waals surface area contributed by atoms with Crippen molar-refractivity contribution in [2.45, 2.75) is 19.9 Å². The summed E-state index contributed by atoms with van der Waals surface area (Å²) in [6.45, 7) is 7.84. The van der Waals surface area contributed by atoms with Crippen LogP contribution in [0.4, 0.5) is 11.4 Å². The van der Waals surface area contributed by atoms with Crippen LogP contribution in [0.5, 0.6) is 5.75 Å². The Morgan fingerprint density at radius 3 is 2.67 bits per heavy atom. The molecule has 1 saturated heterocycles. The zero-order valence-electron chi connectivity index (χ0n) is 15.7. The Balaban J connectivity index is 1.59. The van der Waals surface area contributed by atoms with Gasteiger partial charge in [-0.25, -0.2) is 4.98 Å². The highest BCUT2D eigenvalue weighted by Gasteiger charge is 2.27. The third-order valence-electron chi connectivity index (χ3n) is 4.76. The van der Waals surface area contributed by atoms with Crippen molar-refractivity contribution in [2.75, 3.05) is 43.0 Å². The number of halogens is 1. The number of para-hydroxylation sites is 2. The second-order valence-electron chi connectivity index (χ2n) is 6.43. The van der Waals surface area contributed by atoms with Crippen molar-refractivity contribution < 1.29 is 9.53 Å². The first-order chi connectivity index (χ1) is 13.1. The minimum absolute atomic E-state index is 0.0759. The smallest absolute Gasteiger partial charge is 0.241 e. The average Bonchev–Trinajstić information content (AvgIpc) is 2.70. The highest BCUT2D eigenvalue weighted by atomic mass is 35.5. The number of hydrogen-bond donors (Lipinski definition) is 1. The molecule has 0 bridgehead atoms. The molecular formula is C20H25ClN4O2. The predicted molar refractivity (Wildman–Crippen MR) is 109 cm³/mol. The number of benzene rings is 1. The van der Waals surface area contributed by atoms with Crippen molar-refractivity contribution in [1.82, 2.24) is 9.88 Å². The molecule has 1 aromatic carbocycles. The molecule has 0 unspecified atom stereocenters. The van der Waals surface area contributed by atoms with E-state index >= 15 is 0 Å². The summed E-state index contributed by atoms with van der Waals surface area (Å²) in [4.78, 5) is 21.1. The number of nitrogens with one attached hydrogen (secondary N) is 1. The summed E-state index contributed by atoms with van der Waals surface area (Å²) in [5.74, 6) is 0.832. The Bertz CT molecular complexity index is 778. The van der Waals surface area contributed by atoms with E-state index in [-0.39, 0.29) is 11.9 Å². The summed E-state index contributed by atoms with van der Waals surface area (Å²) < 4.78 is 5.74. The molecule has 2 heterocycles. The lowest BCUT2D eigenvalue weighted by Gasteiger charge is -2.39. The van der Waals surface area contributed by atoms with E-state index in [0.717, 1.165) is 37.6 Å². The third kappa shape index (κ3) is 4.70. The Labute approximate surface area is 165 Å². The molecule has 0 saturated carbocycles. The highest BCUT2D eigenvalue weighted by Crippen LogP contribution is 2.29. The van der Waals surface area contributed by atoms with Crippen molar-refractivity contribution in [1.29, 1.82) is 0 Å². The Kier molecular flexibility index (Phi) is 6.53. The van der Waals surface area contributed by atoms with E-state index in [1.54, 1.807) is 18.3 Å². The minimum Gasteiger partial charge on any atom is -0.492 e. The van der Waals surface area contributed by atoms with E-state index in [1.165, 1.54) is 0 Å². The molecule has 7 heteroatoms. The first-order valence-corrected chi connectivity index (χ1v) is 9.60. The van der Waals surface area contributed by atoms with Crippen LogP contribution in [0.2, 0.25) is 5.15 Å². The summed E-state index contributed by atoms with van der Waals surface area (Å²) >= 11 is 6.03. The molecule has 6 nitrogen and oxygen atoms in total. The molecule has 1 fully saturated rings. The summed E-state index contributed by atoms with van der Waals surface area (Å²) in [5, 5.41) is 3.17. The number of piperazine rings is 1. The van der Waals surface area contributed by atoms with Gasteiger partial charge in [0.1, 0.15) is 5.75 Å². The van der Waals surface area contributed by atoms with E-state index in [9.17, 15) is 4.79 Å². The van der Waals surface area contributed by atoms with Crippen LogP contribution in [0.25, 0.3) is 0 Å². The zero-order valence-corrected chi connectivity index (χ0v) is 16.4. The normalized spacial score (nSPS) is 16.0. The fraction of sp³-hybridized carbons (Fsp3) is 0.400. The van der Waals surface area contributed by atoms with Crippen molar-refractivity contribution in [3.05, 3.63) is 47.7 Å². The maximum Gasteiger partial charge on any atom is 0.241 e. The second-order valence-corrected chi connectivity index (χ2v) is 6.79. The summed E-state index contributed by atoms with van der Waals surface area (Å²) in [6, 6.07) is 11.4. The standard InChI is InChI=1S/C20H25ClN4O2/c1-3-27-18-9-5-4-8-17(18)25-13-11-24(12-14-25)15(2)20(26)23-16-7-6-10-22-19(16)21/h4-10,15H,3,11-14H2,1-2H3,(H,23,26)/t15-/m1/s1. The topological polar surface area (TPSA) is 57.7 Å². The lowest BCUT2D eigenvalue weighted by atomic mass is 10.2. The number of amides is 1. The number of ether oxygens (including phenoxy) is 1. The van der Waals surface area contributed by atoms with E-state index in [4.69, 9.17) is 16.3 Å². The largest absolute Gasteiger partial charge is 0.492 e. The molecule has 1 aliphatic rings. The van der Waals surface area contributed by atoms with Crippen molar-refractivity contribution in [3.8, 4) is 5.75 Å². The number of rotatable bonds is 6. The average molecular weight is 389 g/mol. The second kappa shape index (κ2) is 9.06. The number of anilines is 2. The number of hydrogen-bond acceptors (Lipinski definition) is 5. The summed E-state index contributed by atoms with van der Waals surface area (Å²) in [5.41, 5.74) is 1.65. The van der Waals surface area contributed by atoms with E-state index in [0.29, 0.717) is 17.4 Å². The van der Waals surface area contributed by atoms with Crippen molar-refractivity contribution in [3.63, 3.8) is 0 Å². The first kappa shape index (κ1) is 19.5. The molecule has 1 aromatic heterocycles. The van der Waals surface area contributed by atoms with Crippen LogP contribution in [0.3, 0.4) is 0 Å². The van der Waals surface area contributed by atoms with Crippen LogP contribution >= 0.6 is 11.6 Å². The van der Waals surface area contributed by atoms with Gasteiger partial charge in [-0.3, -0.25) is 9.69 Å². The maximum absolute atomic E-state index is 12.6. The third-order valence-corrected chi connectivity index (χ3v) is 5.07. The van der Waals surface area contributed by atoms with Gasteiger partial charge in [-0.15, -0.1) is 0 Å². The molecule has 144 valence electrons. The molecule has 1 N–H and O–H groups in total. The first-order valence-electron chi connectivity index (χ1n) is 9.22. The fourth-order valence-corrected chi connectivity index (χ4v) is 3.39. The number of carbonyl (C=O) groups excluding carboxylic acids is 1. The van der Waals surface area contributed by atoms with Crippen LogP contribution in [0, 0.1) is 0 Å². The van der Waals surface area contributed by atoms with Crippen LogP contribution in [0.15, 0.2) is 42.6 Å². The van der Waals surface area contributed by atoms with Gasteiger partial charge < -0.3 is 15.0 Å². The maximum atomic E-state index is 12.6. The van der Waals surface area contributed by atoms with Gasteiger partial charge in [0.15, 0.2) is 5.15 Å². The van der Waals surface area contributed by atoms with Crippen LogP contribution in [-0.2, 0) is 4.79 Å². The molecular weight excluding hydrogens is 364 g/mol. The molecule has 0 aliphatic carbocycles. The Hall–Kier alpha value is -2.31. The zero-order chi connectivity index (χ0) is 19.2. The fourth-order valence-electron chi connectivity index (χ4n) is 3.23. The highest BCUT2D eigenvalue weighted by molar-refractivity contribution is 6.32. The Morgan fingerprint density at radius 1 is 1.22 bits per heavy atom.